The molecule has 0 aliphatic heterocycles. The van der Waals surface area contributed by atoms with Crippen LogP contribution in [-0.4, -0.2) is 26.7 Å². The van der Waals surface area contributed by atoms with Crippen LogP contribution >= 0.6 is 11.6 Å². The van der Waals surface area contributed by atoms with E-state index in [1.165, 1.54) is 36.4 Å². The Labute approximate surface area is 177 Å². The lowest BCUT2D eigenvalue weighted by Crippen LogP contribution is -2.29. The Morgan fingerprint density at radius 2 is 1.57 bits per heavy atom. The second kappa shape index (κ2) is 9.17. The molecule has 0 aliphatic carbocycles. The molecule has 0 fully saturated rings. The second-order valence-electron chi connectivity index (χ2n) is 6.19. The van der Waals surface area contributed by atoms with Crippen LogP contribution in [-0.2, 0) is 10.0 Å². The molecule has 0 heterocycles. The third-order valence-corrected chi connectivity index (χ3v) is 5.86. The van der Waals surface area contributed by atoms with Crippen molar-refractivity contribution in [3.05, 3.63) is 94.8 Å². The Bertz CT molecular complexity index is 1160. The molecule has 0 aromatic heterocycles. The van der Waals surface area contributed by atoms with Crippen molar-refractivity contribution in [3.63, 3.8) is 0 Å². The van der Waals surface area contributed by atoms with Crippen LogP contribution in [0.5, 0.6) is 0 Å². The topological polar surface area (TPSA) is 92.3 Å². The molecule has 9 heteroatoms. The number of amides is 1. The van der Waals surface area contributed by atoms with Gasteiger partial charge in [0.15, 0.2) is 5.78 Å². The summed E-state index contributed by atoms with van der Waals surface area (Å²) in [5.74, 6) is -1.91. The van der Waals surface area contributed by atoms with Crippen molar-refractivity contribution in [2.24, 2.45) is 0 Å². The summed E-state index contributed by atoms with van der Waals surface area (Å²) in [5, 5.41) is 2.41. The van der Waals surface area contributed by atoms with E-state index < -0.39 is 28.3 Å². The Morgan fingerprint density at radius 3 is 2.20 bits per heavy atom. The van der Waals surface area contributed by atoms with Crippen molar-refractivity contribution in [1.82, 2.24) is 4.72 Å². The largest absolute Gasteiger partial charge is 0.322 e. The van der Waals surface area contributed by atoms with Gasteiger partial charge in [0.2, 0.25) is 10.0 Å². The van der Waals surface area contributed by atoms with Crippen LogP contribution in [0.15, 0.2) is 77.7 Å². The normalized spacial score (nSPS) is 11.1. The summed E-state index contributed by atoms with van der Waals surface area (Å²) in [7, 11) is -3.94. The van der Waals surface area contributed by atoms with Gasteiger partial charge in [-0.25, -0.2) is 17.5 Å². The number of halogens is 2. The van der Waals surface area contributed by atoms with E-state index in [2.05, 4.69) is 10.0 Å². The number of carbonyl (C=O) groups excluding carboxylic acids is 2. The van der Waals surface area contributed by atoms with Crippen LogP contribution in [0.2, 0.25) is 5.02 Å². The molecule has 2 N–H and O–H groups in total. The Balaban J connectivity index is 1.67. The first-order valence-electron chi connectivity index (χ1n) is 8.71. The minimum Gasteiger partial charge on any atom is -0.322 e. The van der Waals surface area contributed by atoms with Crippen LogP contribution in [0.3, 0.4) is 0 Å². The molecule has 0 bridgehead atoms. The molecule has 0 spiro atoms. The molecular weight excluding hydrogens is 431 g/mol. The average Bonchev–Trinajstić information content (AvgIpc) is 2.73. The molecule has 154 valence electrons. The monoisotopic (exact) mass is 446 g/mol. The van der Waals surface area contributed by atoms with E-state index in [4.69, 9.17) is 11.6 Å². The summed E-state index contributed by atoms with van der Waals surface area (Å²) < 4.78 is 40.9. The van der Waals surface area contributed by atoms with Crippen molar-refractivity contribution in [3.8, 4) is 0 Å². The number of hydrogen-bond donors (Lipinski definition) is 2. The molecule has 30 heavy (non-hydrogen) atoms. The van der Waals surface area contributed by atoms with Gasteiger partial charge in [-0.15, -0.1) is 0 Å². The fourth-order valence-electron chi connectivity index (χ4n) is 2.60. The average molecular weight is 447 g/mol. The maximum absolute atomic E-state index is 13.8. The summed E-state index contributed by atoms with van der Waals surface area (Å²) in [4.78, 5) is 24.2. The zero-order valence-electron chi connectivity index (χ0n) is 15.4. The first kappa shape index (κ1) is 21.6. The van der Waals surface area contributed by atoms with Gasteiger partial charge in [0, 0.05) is 11.3 Å². The van der Waals surface area contributed by atoms with Gasteiger partial charge in [0.25, 0.3) is 5.91 Å². The van der Waals surface area contributed by atoms with Gasteiger partial charge in [-0.2, -0.15) is 0 Å². The highest BCUT2D eigenvalue weighted by atomic mass is 35.5. The minimum absolute atomic E-state index is 0.0426. The van der Waals surface area contributed by atoms with Gasteiger partial charge in [-0.3, -0.25) is 9.59 Å². The summed E-state index contributed by atoms with van der Waals surface area (Å²) in [5.41, 5.74) is 0.334. The number of sulfonamides is 1. The first-order chi connectivity index (χ1) is 14.3. The molecule has 0 aliphatic rings. The fraction of sp³-hybridized carbons (Fsp3) is 0.0476. The lowest BCUT2D eigenvalue weighted by molar-refractivity contribution is 0.0994. The van der Waals surface area contributed by atoms with Crippen molar-refractivity contribution >= 4 is 39.0 Å². The molecule has 0 unspecified atom stereocenters. The van der Waals surface area contributed by atoms with Crippen molar-refractivity contribution in [1.29, 1.82) is 0 Å². The molecular formula is C21H16ClFN2O4S. The van der Waals surface area contributed by atoms with Gasteiger partial charge in [0.05, 0.1) is 22.0 Å². The third-order valence-electron chi connectivity index (χ3n) is 4.13. The molecule has 0 atom stereocenters. The van der Waals surface area contributed by atoms with Crippen LogP contribution < -0.4 is 10.0 Å². The maximum atomic E-state index is 13.8. The zero-order chi connectivity index (χ0) is 21.7. The van der Waals surface area contributed by atoms with Crippen LogP contribution in [0, 0.1) is 5.82 Å². The summed E-state index contributed by atoms with van der Waals surface area (Å²) in [6.45, 7) is -0.392. The van der Waals surface area contributed by atoms with E-state index in [1.54, 1.807) is 30.3 Å². The predicted molar refractivity (Wildman–Crippen MR) is 112 cm³/mol. The first-order valence-corrected chi connectivity index (χ1v) is 10.6. The van der Waals surface area contributed by atoms with Gasteiger partial charge >= 0.3 is 0 Å². The third kappa shape index (κ3) is 5.10. The van der Waals surface area contributed by atoms with Gasteiger partial charge in [-0.05, 0) is 36.4 Å². The second-order valence-corrected chi connectivity index (χ2v) is 8.36. The SMILES string of the molecule is O=C(CNS(=O)(=O)c1ccc(NC(=O)c2c(F)cccc2Cl)cc1)c1ccccc1. The molecule has 6 nitrogen and oxygen atoms in total. The number of nitrogens with one attached hydrogen (secondary N) is 2. The number of anilines is 1. The lowest BCUT2D eigenvalue weighted by Gasteiger charge is -2.09. The quantitative estimate of drug-likeness (QED) is 0.538. The van der Waals surface area contributed by atoms with Gasteiger partial charge in [-0.1, -0.05) is 48.0 Å². The Kier molecular flexibility index (Phi) is 6.61. The van der Waals surface area contributed by atoms with E-state index in [0.717, 1.165) is 6.07 Å². The fourth-order valence-corrected chi connectivity index (χ4v) is 3.83. The molecule has 3 rings (SSSR count). The maximum Gasteiger partial charge on any atom is 0.260 e. The van der Waals surface area contributed by atoms with E-state index in [1.807, 2.05) is 0 Å². The molecule has 0 radical (unpaired) electrons. The number of ketones is 1. The highest BCUT2D eigenvalue weighted by Crippen LogP contribution is 2.21. The smallest absolute Gasteiger partial charge is 0.260 e. The summed E-state index contributed by atoms with van der Waals surface area (Å²) in [6.07, 6.45) is 0. The van der Waals surface area contributed by atoms with Gasteiger partial charge < -0.3 is 5.32 Å². The molecule has 0 saturated carbocycles. The minimum atomic E-state index is -3.94. The summed E-state index contributed by atoms with van der Waals surface area (Å²) in [6, 6.07) is 17.4. The standard InChI is InChI=1S/C21H16ClFN2O4S/c22-17-7-4-8-18(23)20(17)21(27)25-15-9-11-16(12-10-15)30(28,29)24-13-19(26)14-5-2-1-3-6-14/h1-12,24H,13H2,(H,25,27). The number of benzene rings is 3. The van der Waals surface area contributed by atoms with Crippen molar-refractivity contribution < 1.29 is 22.4 Å². The molecule has 3 aromatic carbocycles. The zero-order valence-corrected chi connectivity index (χ0v) is 17.0. The molecule has 0 saturated heterocycles. The number of hydrogen-bond acceptors (Lipinski definition) is 4. The van der Waals surface area contributed by atoms with E-state index in [-0.39, 0.29) is 27.0 Å². The highest BCUT2D eigenvalue weighted by Gasteiger charge is 2.18. The Morgan fingerprint density at radius 1 is 0.900 bits per heavy atom. The highest BCUT2D eigenvalue weighted by molar-refractivity contribution is 7.89. The van der Waals surface area contributed by atoms with E-state index in [9.17, 15) is 22.4 Å². The van der Waals surface area contributed by atoms with E-state index in [0.29, 0.717) is 5.56 Å². The van der Waals surface area contributed by atoms with Crippen LogP contribution in [0.4, 0.5) is 10.1 Å². The van der Waals surface area contributed by atoms with Crippen molar-refractivity contribution in [2.45, 2.75) is 4.90 Å². The molecule has 1 amide bonds. The van der Waals surface area contributed by atoms with Crippen LogP contribution in [0.1, 0.15) is 20.7 Å². The lowest BCUT2D eigenvalue weighted by atomic mass is 10.1. The van der Waals surface area contributed by atoms with Gasteiger partial charge in [0.1, 0.15) is 5.82 Å². The predicted octanol–water partition coefficient (Wildman–Crippen LogP) is 3.89. The summed E-state index contributed by atoms with van der Waals surface area (Å²) >= 11 is 5.86. The van der Waals surface area contributed by atoms with E-state index >= 15 is 0 Å². The van der Waals surface area contributed by atoms with Crippen molar-refractivity contribution in [2.75, 3.05) is 11.9 Å². The number of carbonyl (C=O) groups is 2. The number of Topliss-reactive ketones (excluding diaryl/α,β-unsaturated/α-hetero) is 1. The molecule has 3 aromatic rings. The number of rotatable bonds is 7. The van der Waals surface area contributed by atoms with Crippen LogP contribution in [0.25, 0.3) is 0 Å². The Hall–Kier alpha value is -3.07.